The highest BCUT2D eigenvalue weighted by molar-refractivity contribution is 5.93. The molecule has 0 aliphatic heterocycles. The molecule has 0 aliphatic rings. The number of ether oxygens (including phenoxy) is 1. The first-order valence-corrected chi connectivity index (χ1v) is 4.27. The lowest BCUT2D eigenvalue weighted by Crippen LogP contribution is -2.13. The Morgan fingerprint density at radius 3 is 2.93 bits per heavy atom. The van der Waals surface area contributed by atoms with Crippen molar-refractivity contribution >= 4 is 11.5 Å². The molecule has 0 radical (unpaired) electrons. The van der Waals surface area contributed by atoms with Crippen LogP contribution < -0.4 is 11.1 Å². The van der Waals surface area contributed by atoms with E-state index in [1.54, 1.807) is 19.4 Å². The van der Waals surface area contributed by atoms with Crippen LogP contribution in [0.3, 0.4) is 0 Å². The van der Waals surface area contributed by atoms with Crippen LogP contribution in [0.15, 0.2) is 18.3 Å². The average Bonchev–Trinajstić information content (AvgIpc) is 2.19. The van der Waals surface area contributed by atoms with E-state index in [0.717, 1.165) is 12.2 Å². The molecule has 1 aromatic rings. The lowest BCUT2D eigenvalue weighted by atomic mass is 10.3. The fraction of sp³-hybridized carbons (Fsp3) is 0.333. The number of anilines is 1. The van der Waals surface area contributed by atoms with Crippen LogP contribution in [0.1, 0.15) is 5.69 Å². The van der Waals surface area contributed by atoms with Crippen molar-refractivity contribution in [3.05, 3.63) is 24.0 Å². The molecule has 0 bridgehead atoms. The fourth-order valence-electron chi connectivity index (χ4n) is 0.955. The molecule has 0 saturated heterocycles. The number of methoxy groups -OCH3 is 1. The molecule has 0 saturated carbocycles. The number of nitrogens with two attached hydrogens (primary N) is 1. The zero-order valence-electron chi connectivity index (χ0n) is 8.08. The summed E-state index contributed by atoms with van der Waals surface area (Å²) in [5.41, 5.74) is 6.65. The third-order valence-electron chi connectivity index (χ3n) is 1.67. The standard InChI is InChI=1S/C9H14N4O/c1-14-5-4-12-7-2-3-8(9(10)11)13-6-7/h2-3,6,12H,4-5H2,1H3,(H3,10,11). The van der Waals surface area contributed by atoms with E-state index in [1.165, 1.54) is 0 Å². The van der Waals surface area contributed by atoms with E-state index in [4.69, 9.17) is 15.9 Å². The number of amidine groups is 1. The van der Waals surface area contributed by atoms with E-state index in [-0.39, 0.29) is 5.84 Å². The first-order chi connectivity index (χ1) is 6.74. The van der Waals surface area contributed by atoms with Crippen molar-refractivity contribution in [3.63, 3.8) is 0 Å². The van der Waals surface area contributed by atoms with Gasteiger partial charge in [-0.2, -0.15) is 0 Å². The molecule has 5 nitrogen and oxygen atoms in total. The summed E-state index contributed by atoms with van der Waals surface area (Å²) in [5, 5.41) is 10.3. The van der Waals surface area contributed by atoms with Crippen LogP contribution in [-0.2, 0) is 4.74 Å². The van der Waals surface area contributed by atoms with Crippen molar-refractivity contribution in [3.8, 4) is 0 Å². The predicted molar refractivity (Wildman–Crippen MR) is 55.6 cm³/mol. The SMILES string of the molecule is COCCNc1ccc(C(=N)N)nc1. The first kappa shape index (κ1) is 10.5. The highest BCUT2D eigenvalue weighted by Gasteiger charge is 1.97. The number of rotatable bonds is 5. The molecule has 4 N–H and O–H groups in total. The minimum atomic E-state index is -0.0200. The zero-order chi connectivity index (χ0) is 10.4. The molecule has 0 spiro atoms. The van der Waals surface area contributed by atoms with E-state index in [0.29, 0.717) is 12.3 Å². The number of hydrogen-bond acceptors (Lipinski definition) is 4. The van der Waals surface area contributed by atoms with E-state index in [1.807, 2.05) is 6.07 Å². The van der Waals surface area contributed by atoms with Gasteiger partial charge < -0.3 is 15.8 Å². The molecule has 0 fully saturated rings. The van der Waals surface area contributed by atoms with Crippen molar-refractivity contribution in [1.29, 1.82) is 5.41 Å². The van der Waals surface area contributed by atoms with Crippen LogP contribution in [-0.4, -0.2) is 31.1 Å². The highest BCUT2D eigenvalue weighted by atomic mass is 16.5. The molecule has 0 atom stereocenters. The Kier molecular flexibility index (Phi) is 3.87. The van der Waals surface area contributed by atoms with Gasteiger partial charge in [-0.15, -0.1) is 0 Å². The Bertz CT molecular complexity index is 296. The zero-order valence-corrected chi connectivity index (χ0v) is 8.08. The lowest BCUT2D eigenvalue weighted by molar-refractivity contribution is 0.211. The Hall–Kier alpha value is -1.62. The summed E-state index contributed by atoms with van der Waals surface area (Å²) in [6.45, 7) is 1.38. The van der Waals surface area contributed by atoms with Crippen LogP contribution in [0.25, 0.3) is 0 Å². The summed E-state index contributed by atoms with van der Waals surface area (Å²) in [4.78, 5) is 4.00. The van der Waals surface area contributed by atoms with Gasteiger partial charge >= 0.3 is 0 Å². The topological polar surface area (TPSA) is 84.0 Å². The van der Waals surface area contributed by atoms with Gasteiger partial charge in [-0.3, -0.25) is 10.4 Å². The third-order valence-corrected chi connectivity index (χ3v) is 1.67. The van der Waals surface area contributed by atoms with Crippen molar-refractivity contribution < 1.29 is 4.74 Å². The number of pyridine rings is 1. The fourth-order valence-corrected chi connectivity index (χ4v) is 0.955. The van der Waals surface area contributed by atoms with Gasteiger partial charge in [-0.05, 0) is 12.1 Å². The molecule has 5 heteroatoms. The Labute approximate surface area is 82.8 Å². The summed E-state index contributed by atoms with van der Waals surface area (Å²) in [6, 6.07) is 3.54. The Morgan fingerprint density at radius 2 is 2.43 bits per heavy atom. The van der Waals surface area contributed by atoms with Crippen LogP contribution in [0.2, 0.25) is 0 Å². The Balaban J connectivity index is 2.51. The number of nitrogens with one attached hydrogen (secondary N) is 2. The highest BCUT2D eigenvalue weighted by Crippen LogP contribution is 2.04. The lowest BCUT2D eigenvalue weighted by Gasteiger charge is -2.05. The second-order valence-electron chi connectivity index (χ2n) is 2.77. The molecule has 1 aromatic heterocycles. The molecule has 14 heavy (non-hydrogen) atoms. The number of aromatic nitrogens is 1. The van der Waals surface area contributed by atoms with Crippen LogP contribution in [0.5, 0.6) is 0 Å². The monoisotopic (exact) mass is 194 g/mol. The van der Waals surface area contributed by atoms with Crippen LogP contribution in [0.4, 0.5) is 5.69 Å². The molecule has 76 valence electrons. The molecule has 0 aromatic carbocycles. The van der Waals surface area contributed by atoms with Gasteiger partial charge in [0.05, 0.1) is 18.5 Å². The maximum absolute atomic E-state index is 7.15. The van der Waals surface area contributed by atoms with Gasteiger partial charge in [0.25, 0.3) is 0 Å². The largest absolute Gasteiger partial charge is 0.383 e. The normalized spacial score (nSPS) is 9.79. The van der Waals surface area contributed by atoms with E-state index in [2.05, 4.69) is 10.3 Å². The maximum Gasteiger partial charge on any atom is 0.141 e. The molecular formula is C9H14N4O. The molecule has 0 amide bonds. The summed E-state index contributed by atoms with van der Waals surface area (Å²) < 4.78 is 4.89. The second kappa shape index (κ2) is 5.18. The summed E-state index contributed by atoms with van der Waals surface area (Å²) in [7, 11) is 1.65. The molecule has 0 unspecified atom stereocenters. The van der Waals surface area contributed by atoms with Crippen molar-refractivity contribution in [2.24, 2.45) is 5.73 Å². The first-order valence-electron chi connectivity index (χ1n) is 4.27. The van der Waals surface area contributed by atoms with Gasteiger partial charge in [0, 0.05) is 13.7 Å². The summed E-state index contributed by atoms with van der Waals surface area (Å²) in [6.07, 6.45) is 1.65. The quantitative estimate of drug-likeness (QED) is 0.360. The third kappa shape index (κ3) is 3.02. The Morgan fingerprint density at radius 1 is 1.64 bits per heavy atom. The van der Waals surface area contributed by atoms with Crippen LogP contribution >= 0.6 is 0 Å². The summed E-state index contributed by atoms with van der Waals surface area (Å²) >= 11 is 0. The van der Waals surface area contributed by atoms with Gasteiger partial charge in [0.15, 0.2) is 0 Å². The number of nitrogen functional groups attached to an aromatic ring is 1. The van der Waals surface area contributed by atoms with E-state index < -0.39 is 0 Å². The number of hydrogen-bond donors (Lipinski definition) is 3. The van der Waals surface area contributed by atoms with Gasteiger partial charge in [-0.1, -0.05) is 0 Å². The average molecular weight is 194 g/mol. The van der Waals surface area contributed by atoms with Gasteiger partial charge in [0.2, 0.25) is 0 Å². The van der Waals surface area contributed by atoms with Crippen LogP contribution in [0, 0.1) is 5.41 Å². The maximum atomic E-state index is 7.15. The van der Waals surface area contributed by atoms with Gasteiger partial charge in [0.1, 0.15) is 11.5 Å². The molecule has 0 aliphatic carbocycles. The van der Waals surface area contributed by atoms with E-state index in [9.17, 15) is 0 Å². The molecule has 1 rings (SSSR count). The smallest absolute Gasteiger partial charge is 0.141 e. The minimum absolute atomic E-state index is 0.0200. The van der Waals surface area contributed by atoms with Crippen molar-refractivity contribution in [1.82, 2.24) is 4.98 Å². The number of nitrogens with zero attached hydrogens (tertiary/aromatic N) is 1. The molecular weight excluding hydrogens is 180 g/mol. The van der Waals surface area contributed by atoms with Crippen molar-refractivity contribution in [2.75, 3.05) is 25.6 Å². The predicted octanol–water partition coefficient (Wildman–Crippen LogP) is 0.424. The van der Waals surface area contributed by atoms with E-state index >= 15 is 0 Å². The second-order valence-corrected chi connectivity index (χ2v) is 2.77. The van der Waals surface area contributed by atoms with Gasteiger partial charge in [-0.25, -0.2) is 0 Å². The minimum Gasteiger partial charge on any atom is -0.383 e. The van der Waals surface area contributed by atoms with Crippen molar-refractivity contribution in [2.45, 2.75) is 0 Å². The summed E-state index contributed by atoms with van der Waals surface area (Å²) in [5.74, 6) is -0.0200. The molecule has 1 heterocycles.